The molecule has 0 spiro atoms. The summed E-state index contributed by atoms with van der Waals surface area (Å²) in [5.41, 5.74) is 5.47. The summed E-state index contributed by atoms with van der Waals surface area (Å²) in [4.78, 5) is 12.9. The van der Waals surface area contributed by atoms with Gasteiger partial charge < -0.3 is 10.6 Å². The van der Waals surface area contributed by atoms with E-state index in [0.29, 0.717) is 25.8 Å². The van der Waals surface area contributed by atoms with Gasteiger partial charge in [-0.1, -0.05) is 12.1 Å². The molecule has 0 unspecified atom stereocenters. The smallest absolute Gasteiger partial charge is 0.218 e. The van der Waals surface area contributed by atoms with Crippen molar-refractivity contribution in [2.75, 3.05) is 19.6 Å². The molecule has 2 N–H and O–H groups in total. The minimum absolute atomic E-state index is 0. The van der Waals surface area contributed by atoms with Crippen LogP contribution in [-0.2, 0) is 10.2 Å². The predicted molar refractivity (Wildman–Crippen MR) is 80.4 cm³/mol. The van der Waals surface area contributed by atoms with E-state index in [1.807, 2.05) is 0 Å². The van der Waals surface area contributed by atoms with Gasteiger partial charge in [0.1, 0.15) is 5.82 Å². The molecule has 0 saturated carbocycles. The highest BCUT2D eigenvalue weighted by Gasteiger charge is 2.36. The van der Waals surface area contributed by atoms with E-state index in [0.717, 1.165) is 18.7 Å². The van der Waals surface area contributed by atoms with Crippen molar-refractivity contribution in [3.63, 3.8) is 0 Å². The second-order valence-corrected chi connectivity index (χ2v) is 5.26. The van der Waals surface area contributed by atoms with Crippen LogP contribution in [0.5, 0.6) is 0 Å². The number of carbonyl (C=O) groups excluding carboxylic acids is 1. The average Bonchev–Trinajstić information content (AvgIpc) is 2.46. The Morgan fingerprint density at radius 1 is 1.33 bits per heavy atom. The molecule has 0 atom stereocenters. The number of piperidine rings is 1. The van der Waals surface area contributed by atoms with Gasteiger partial charge in [0.25, 0.3) is 0 Å². The number of nitriles is 1. The van der Waals surface area contributed by atoms with Crippen molar-refractivity contribution in [3.05, 3.63) is 35.6 Å². The lowest BCUT2D eigenvalue weighted by atomic mass is 9.74. The van der Waals surface area contributed by atoms with Gasteiger partial charge in [-0.05, 0) is 43.6 Å². The maximum atomic E-state index is 13.0. The van der Waals surface area contributed by atoms with E-state index >= 15 is 0 Å². The van der Waals surface area contributed by atoms with Crippen LogP contribution in [0.4, 0.5) is 4.39 Å². The highest BCUT2D eigenvalue weighted by Crippen LogP contribution is 2.35. The Hall–Kier alpha value is -1.64. The van der Waals surface area contributed by atoms with Crippen molar-refractivity contribution >= 4 is 18.3 Å². The first-order chi connectivity index (χ1) is 9.55. The molecular weight excluding hydrogens is 293 g/mol. The number of rotatable bonds is 4. The van der Waals surface area contributed by atoms with Crippen molar-refractivity contribution < 1.29 is 9.18 Å². The van der Waals surface area contributed by atoms with Crippen molar-refractivity contribution in [2.45, 2.75) is 24.7 Å². The molecule has 1 aromatic carbocycles. The van der Waals surface area contributed by atoms with Gasteiger partial charge in [0.15, 0.2) is 0 Å². The van der Waals surface area contributed by atoms with Gasteiger partial charge in [-0.3, -0.25) is 4.79 Å². The first-order valence-electron chi connectivity index (χ1n) is 6.74. The Morgan fingerprint density at radius 2 is 1.90 bits per heavy atom. The molecule has 1 saturated heterocycles. The third kappa shape index (κ3) is 4.16. The van der Waals surface area contributed by atoms with E-state index in [1.165, 1.54) is 12.1 Å². The van der Waals surface area contributed by atoms with Crippen molar-refractivity contribution in [1.29, 1.82) is 5.26 Å². The first-order valence-corrected chi connectivity index (χ1v) is 6.74. The quantitative estimate of drug-likeness (QED) is 0.924. The van der Waals surface area contributed by atoms with E-state index in [9.17, 15) is 14.4 Å². The average molecular weight is 312 g/mol. The van der Waals surface area contributed by atoms with E-state index in [-0.39, 0.29) is 24.1 Å². The minimum Gasteiger partial charge on any atom is -0.370 e. The van der Waals surface area contributed by atoms with Crippen molar-refractivity contribution in [3.8, 4) is 6.07 Å². The van der Waals surface area contributed by atoms with Gasteiger partial charge in [-0.2, -0.15) is 5.26 Å². The SMILES string of the molecule is Cl.N#CC1(c2ccc(F)cc2)CCN(CCC(N)=O)CC1. The molecule has 0 aliphatic carbocycles. The standard InChI is InChI=1S/C15H18FN3O.ClH/c16-13-3-1-12(2-4-13)15(11-17)6-9-19(10-7-15)8-5-14(18)20;/h1-4H,5-10H2,(H2,18,20);1H. The number of primary amides is 1. The molecule has 21 heavy (non-hydrogen) atoms. The molecule has 1 aliphatic rings. The summed E-state index contributed by atoms with van der Waals surface area (Å²) in [7, 11) is 0. The fourth-order valence-electron chi connectivity index (χ4n) is 2.66. The molecule has 0 bridgehead atoms. The highest BCUT2D eigenvalue weighted by atomic mass is 35.5. The van der Waals surface area contributed by atoms with E-state index < -0.39 is 5.41 Å². The summed E-state index contributed by atoms with van der Waals surface area (Å²) in [6.07, 6.45) is 1.72. The molecule has 1 aromatic rings. The van der Waals surface area contributed by atoms with Crippen LogP contribution >= 0.6 is 12.4 Å². The molecule has 2 rings (SSSR count). The number of nitrogens with two attached hydrogens (primary N) is 1. The van der Waals surface area contributed by atoms with Gasteiger partial charge in [0.05, 0.1) is 11.5 Å². The molecule has 6 heteroatoms. The van der Waals surface area contributed by atoms with Crippen molar-refractivity contribution in [1.82, 2.24) is 4.90 Å². The van der Waals surface area contributed by atoms with Crippen molar-refractivity contribution in [2.24, 2.45) is 5.73 Å². The third-order valence-electron chi connectivity index (χ3n) is 3.99. The number of amides is 1. The van der Waals surface area contributed by atoms with Gasteiger partial charge in [0.2, 0.25) is 5.91 Å². The molecule has 1 heterocycles. The molecule has 1 amide bonds. The van der Waals surface area contributed by atoms with Gasteiger partial charge in [-0.15, -0.1) is 12.4 Å². The number of benzene rings is 1. The van der Waals surface area contributed by atoms with Crippen LogP contribution in [0.15, 0.2) is 24.3 Å². The minimum atomic E-state index is -0.545. The zero-order chi connectivity index (χ0) is 14.6. The summed E-state index contributed by atoms with van der Waals surface area (Å²) >= 11 is 0. The van der Waals surface area contributed by atoms with Crippen LogP contribution in [0.25, 0.3) is 0 Å². The number of hydrogen-bond acceptors (Lipinski definition) is 3. The number of halogens is 2. The fraction of sp³-hybridized carbons (Fsp3) is 0.467. The first kappa shape index (κ1) is 17.4. The maximum absolute atomic E-state index is 13.0. The molecule has 114 valence electrons. The number of nitrogens with zero attached hydrogens (tertiary/aromatic N) is 2. The normalized spacial score (nSPS) is 17.5. The fourth-order valence-corrected chi connectivity index (χ4v) is 2.66. The highest BCUT2D eigenvalue weighted by molar-refractivity contribution is 5.85. The Kier molecular flexibility index (Phi) is 6.13. The van der Waals surface area contributed by atoms with E-state index in [2.05, 4.69) is 11.0 Å². The maximum Gasteiger partial charge on any atom is 0.218 e. The molecule has 0 radical (unpaired) electrons. The van der Waals surface area contributed by atoms with Crippen LogP contribution in [0, 0.1) is 17.1 Å². The predicted octanol–water partition coefficient (Wildman–Crippen LogP) is 1.98. The number of hydrogen-bond donors (Lipinski definition) is 1. The van der Waals surface area contributed by atoms with Gasteiger partial charge >= 0.3 is 0 Å². The van der Waals surface area contributed by atoms with Gasteiger partial charge in [-0.25, -0.2) is 4.39 Å². The summed E-state index contributed by atoms with van der Waals surface area (Å²) in [6, 6.07) is 8.58. The lowest BCUT2D eigenvalue weighted by Gasteiger charge is -2.37. The van der Waals surface area contributed by atoms with E-state index in [1.54, 1.807) is 12.1 Å². The van der Waals surface area contributed by atoms with Crippen LogP contribution in [-0.4, -0.2) is 30.4 Å². The largest absolute Gasteiger partial charge is 0.370 e. The lowest BCUT2D eigenvalue weighted by molar-refractivity contribution is -0.118. The molecule has 4 nitrogen and oxygen atoms in total. The summed E-state index contributed by atoms with van der Waals surface area (Å²) in [6.45, 7) is 2.14. The summed E-state index contributed by atoms with van der Waals surface area (Å²) in [5, 5.41) is 9.53. The molecular formula is C15H19ClFN3O. The Morgan fingerprint density at radius 3 is 2.38 bits per heavy atom. The number of carbonyl (C=O) groups is 1. The van der Waals surface area contributed by atoms with Crippen LogP contribution in [0.1, 0.15) is 24.8 Å². The Bertz CT molecular complexity index is 519. The topological polar surface area (TPSA) is 70.1 Å². The second-order valence-electron chi connectivity index (χ2n) is 5.26. The molecule has 0 aromatic heterocycles. The zero-order valence-electron chi connectivity index (χ0n) is 11.7. The Labute approximate surface area is 130 Å². The molecule has 1 fully saturated rings. The van der Waals surface area contributed by atoms with Crippen LogP contribution in [0.3, 0.4) is 0 Å². The zero-order valence-corrected chi connectivity index (χ0v) is 12.5. The van der Waals surface area contributed by atoms with Gasteiger partial charge in [0, 0.05) is 13.0 Å². The lowest BCUT2D eigenvalue weighted by Crippen LogP contribution is -2.42. The Balaban J connectivity index is 0.00000220. The number of likely N-dealkylation sites (tertiary alicyclic amines) is 1. The summed E-state index contributed by atoms with van der Waals surface area (Å²) < 4.78 is 13.0. The second kappa shape index (κ2) is 7.39. The third-order valence-corrected chi connectivity index (χ3v) is 3.99. The monoisotopic (exact) mass is 311 g/mol. The van der Waals surface area contributed by atoms with E-state index in [4.69, 9.17) is 5.73 Å². The summed E-state index contributed by atoms with van der Waals surface area (Å²) in [5.74, 6) is -0.596. The van der Waals surface area contributed by atoms with Crippen LogP contribution in [0.2, 0.25) is 0 Å². The van der Waals surface area contributed by atoms with Crippen LogP contribution < -0.4 is 5.73 Å². The molecule has 1 aliphatic heterocycles.